The Balaban J connectivity index is 2.66. The van der Waals surface area contributed by atoms with Gasteiger partial charge in [-0.3, -0.25) is 4.90 Å². The van der Waals surface area contributed by atoms with Gasteiger partial charge in [-0.25, -0.2) is 4.79 Å². The van der Waals surface area contributed by atoms with Crippen molar-refractivity contribution >= 4 is 6.09 Å². The van der Waals surface area contributed by atoms with Crippen LogP contribution in [-0.4, -0.2) is 48.4 Å². The van der Waals surface area contributed by atoms with Crippen LogP contribution in [0.3, 0.4) is 0 Å². The number of ether oxygens (including phenoxy) is 2. The van der Waals surface area contributed by atoms with Crippen LogP contribution in [0.1, 0.15) is 66.7 Å². The van der Waals surface area contributed by atoms with E-state index >= 15 is 0 Å². The summed E-state index contributed by atoms with van der Waals surface area (Å²) in [4.78, 5) is 14.2. The van der Waals surface area contributed by atoms with E-state index in [1.165, 1.54) is 19.3 Å². The zero-order valence-corrected chi connectivity index (χ0v) is 15.6. The summed E-state index contributed by atoms with van der Waals surface area (Å²) in [6, 6.07) is -0.154. The first-order valence-corrected chi connectivity index (χ1v) is 9.11. The van der Waals surface area contributed by atoms with Gasteiger partial charge in [0.1, 0.15) is 5.60 Å². The molecule has 5 heteroatoms. The molecule has 1 heterocycles. The van der Waals surface area contributed by atoms with Gasteiger partial charge < -0.3 is 15.2 Å². The third kappa shape index (κ3) is 7.08. The second kappa shape index (κ2) is 9.48. The summed E-state index contributed by atoms with van der Waals surface area (Å²) in [6.07, 6.45) is 5.45. The van der Waals surface area contributed by atoms with Crippen LogP contribution in [0.15, 0.2) is 0 Å². The van der Waals surface area contributed by atoms with E-state index in [1.807, 2.05) is 20.8 Å². The summed E-state index contributed by atoms with van der Waals surface area (Å²) < 4.78 is 11.1. The van der Waals surface area contributed by atoms with Crippen molar-refractivity contribution in [3.63, 3.8) is 0 Å². The number of hydrogen-bond acceptors (Lipinski definition) is 4. The second-order valence-electron chi connectivity index (χ2n) is 7.63. The third-order valence-corrected chi connectivity index (χ3v) is 4.44. The molecule has 1 aliphatic heterocycles. The summed E-state index contributed by atoms with van der Waals surface area (Å²) in [5.41, 5.74) is 5.97. The number of amides is 1. The monoisotopic (exact) mass is 328 g/mol. The van der Waals surface area contributed by atoms with E-state index in [0.717, 1.165) is 12.8 Å². The Kier molecular flexibility index (Phi) is 8.34. The lowest BCUT2D eigenvalue weighted by atomic mass is 9.89. The molecular weight excluding hydrogens is 292 g/mol. The van der Waals surface area contributed by atoms with E-state index in [-0.39, 0.29) is 18.2 Å². The number of carbonyl (C=O) groups excluding carboxylic acids is 1. The number of hydrogen-bond donors (Lipinski definition) is 1. The van der Waals surface area contributed by atoms with Gasteiger partial charge in [-0.05, 0) is 33.1 Å². The quantitative estimate of drug-likeness (QED) is 0.776. The fourth-order valence-corrected chi connectivity index (χ4v) is 3.05. The van der Waals surface area contributed by atoms with Gasteiger partial charge >= 0.3 is 6.09 Å². The normalized spacial score (nSPS) is 21.8. The molecule has 0 spiro atoms. The lowest BCUT2D eigenvalue weighted by molar-refractivity contribution is -0.0396. The van der Waals surface area contributed by atoms with Crippen LogP contribution in [0.2, 0.25) is 0 Å². The molecule has 0 aromatic carbocycles. The number of nitrogens with zero attached hydrogens (tertiary/aromatic N) is 1. The van der Waals surface area contributed by atoms with Crippen LogP contribution in [0, 0.1) is 5.92 Å². The maximum absolute atomic E-state index is 12.4. The van der Waals surface area contributed by atoms with Crippen molar-refractivity contribution in [3.8, 4) is 0 Å². The van der Waals surface area contributed by atoms with E-state index in [1.54, 1.807) is 4.90 Å². The molecule has 136 valence electrons. The number of carbonyl (C=O) groups is 1. The minimum absolute atomic E-state index is 0.0652. The van der Waals surface area contributed by atoms with Crippen LogP contribution in [0.4, 0.5) is 4.79 Å². The minimum Gasteiger partial charge on any atom is -0.444 e. The predicted octanol–water partition coefficient (Wildman–Crippen LogP) is 3.56. The Morgan fingerprint density at radius 1 is 1.39 bits per heavy atom. The Labute approximate surface area is 141 Å². The summed E-state index contributed by atoms with van der Waals surface area (Å²) in [5, 5.41) is 0. The molecule has 0 bridgehead atoms. The average Bonchev–Trinajstić information content (AvgIpc) is 2.49. The molecule has 1 amide bonds. The Morgan fingerprint density at radius 2 is 2.09 bits per heavy atom. The standard InChI is InChI=1S/C18H36N2O3/c1-6-8-9-14(7-2)12-15(19)16-13-22-11-10-20(16)17(21)23-18(3,4)5/h14-16H,6-13,19H2,1-5H3. The van der Waals surface area contributed by atoms with Crippen LogP contribution in [0.25, 0.3) is 0 Å². The van der Waals surface area contributed by atoms with E-state index < -0.39 is 5.60 Å². The largest absolute Gasteiger partial charge is 0.444 e. The van der Waals surface area contributed by atoms with Gasteiger partial charge in [-0.15, -0.1) is 0 Å². The van der Waals surface area contributed by atoms with Gasteiger partial charge in [0, 0.05) is 12.6 Å². The van der Waals surface area contributed by atoms with Crippen molar-refractivity contribution in [2.24, 2.45) is 11.7 Å². The first-order chi connectivity index (χ1) is 10.8. The molecule has 1 saturated heterocycles. The lowest BCUT2D eigenvalue weighted by Crippen LogP contribution is -2.58. The molecule has 3 unspecified atom stereocenters. The van der Waals surface area contributed by atoms with E-state index in [9.17, 15) is 4.79 Å². The van der Waals surface area contributed by atoms with Crippen molar-refractivity contribution in [3.05, 3.63) is 0 Å². The number of rotatable bonds is 7. The molecule has 0 aromatic heterocycles. The van der Waals surface area contributed by atoms with E-state index in [0.29, 0.717) is 25.7 Å². The second-order valence-corrected chi connectivity index (χ2v) is 7.63. The molecule has 1 rings (SSSR count). The van der Waals surface area contributed by atoms with Gasteiger partial charge in [0.15, 0.2) is 0 Å². The van der Waals surface area contributed by atoms with Crippen molar-refractivity contribution in [2.45, 2.75) is 84.4 Å². The van der Waals surface area contributed by atoms with Gasteiger partial charge in [0.25, 0.3) is 0 Å². The van der Waals surface area contributed by atoms with E-state index in [2.05, 4.69) is 13.8 Å². The molecule has 23 heavy (non-hydrogen) atoms. The first-order valence-electron chi connectivity index (χ1n) is 9.11. The van der Waals surface area contributed by atoms with Crippen molar-refractivity contribution in [2.75, 3.05) is 19.8 Å². The lowest BCUT2D eigenvalue weighted by Gasteiger charge is -2.40. The fraction of sp³-hybridized carbons (Fsp3) is 0.944. The molecule has 2 N–H and O–H groups in total. The highest BCUT2D eigenvalue weighted by Crippen LogP contribution is 2.23. The SMILES string of the molecule is CCCCC(CC)CC(N)C1COCCN1C(=O)OC(C)(C)C. The van der Waals surface area contributed by atoms with Gasteiger partial charge in [0.05, 0.1) is 19.3 Å². The maximum atomic E-state index is 12.4. The highest BCUT2D eigenvalue weighted by Gasteiger charge is 2.35. The molecule has 0 saturated carbocycles. The molecule has 0 aliphatic carbocycles. The average molecular weight is 328 g/mol. The van der Waals surface area contributed by atoms with E-state index in [4.69, 9.17) is 15.2 Å². The number of morpholine rings is 1. The summed E-state index contributed by atoms with van der Waals surface area (Å²) in [5.74, 6) is 0.618. The van der Waals surface area contributed by atoms with Crippen molar-refractivity contribution < 1.29 is 14.3 Å². The highest BCUT2D eigenvalue weighted by atomic mass is 16.6. The Morgan fingerprint density at radius 3 is 2.65 bits per heavy atom. The van der Waals surface area contributed by atoms with Gasteiger partial charge in [-0.1, -0.05) is 39.5 Å². The van der Waals surface area contributed by atoms with Crippen molar-refractivity contribution in [1.82, 2.24) is 4.90 Å². The van der Waals surface area contributed by atoms with Crippen LogP contribution >= 0.6 is 0 Å². The van der Waals surface area contributed by atoms with Gasteiger partial charge in [0.2, 0.25) is 0 Å². The predicted molar refractivity (Wildman–Crippen MR) is 93.4 cm³/mol. The smallest absolute Gasteiger partial charge is 0.410 e. The molecule has 1 aliphatic rings. The first kappa shape index (κ1) is 20.2. The van der Waals surface area contributed by atoms with Crippen LogP contribution < -0.4 is 5.73 Å². The number of nitrogens with two attached hydrogens (primary N) is 1. The molecule has 0 aromatic rings. The molecular formula is C18H36N2O3. The van der Waals surface area contributed by atoms with Crippen LogP contribution in [0.5, 0.6) is 0 Å². The van der Waals surface area contributed by atoms with Crippen LogP contribution in [-0.2, 0) is 9.47 Å². The Bertz CT molecular complexity index is 355. The Hall–Kier alpha value is -0.810. The molecule has 0 radical (unpaired) electrons. The molecule has 1 fully saturated rings. The zero-order chi connectivity index (χ0) is 17.5. The molecule has 3 atom stereocenters. The third-order valence-electron chi connectivity index (χ3n) is 4.44. The summed E-state index contributed by atoms with van der Waals surface area (Å²) >= 11 is 0. The number of unbranched alkanes of at least 4 members (excludes halogenated alkanes) is 1. The summed E-state index contributed by atoms with van der Waals surface area (Å²) in [7, 11) is 0. The zero-order valence-electron chi connectivity index (χ0n) is 15.6. The summed E-state index contributed by atoms with van der Waals surface area (Å²) in [6.45, 7) is 11.7. The highest BCUT2D eigenvalue weighted by molar-refractivity contribution is 5.68. The topological polar surface area (TPSA) is 64.8 Å². The van der Waals surface area contributed by atoms with Gasteiger partial charge in [-0.2, -0.15) is 0 Å². The van der Waals surface area contributed by atoms with Crippen molar-refractivity contribution in [1.29, 1.82) is 0 Å². The molecule has 5 nitrogen and oxygen atoms in total. The maximum Gasteiger partial charge on any atom is 0.410 e. The minimum atomic E-state index is -0.489. The fourth-order valence-electron chi connectivity index (χ4n) is 3.05.